The molecule has 0 bridgehead atoms. The molecule has 0 amide bonds. The summed E-state index contributed by atoms with van der Waals surface area (Å²) >= 11 is 8.81. The van der Waals surface area contributed by atoms with Gasteiger partial charge in [0.1, 0.15) is 0 Å². The summed E-state index contributed by atoms with van der Waals surface area (Å²) in [6, 6.07) is 0. The molecule has 0 spiro atoms. The van der Waals surface area contributed by atoms with Crippen LogP contribution in [0.2, 0.25) is 0 Å². The van der Waals surface area contributed by atoms with Gasteiger partial charge in [0, 0.05) is 0 Å². The van der Waals surface area contributed by atoms with Crippen LogP contribution < -0.4 is 11.1 Å². The number of thiocarbonyl (C=S) groups is 1. The highest BCUT2D eigenvalue weighted by atomic mass is 32.1. The number of nitrogens with two attached hydrogens (primary N) is 1. The molecule has 0 saturated heterocycles. The van der Waals surface area contributed by atoms with Gasteiger partial charge in [-0.3, -0.25) is 4.90 Å². The first-order valence-corrected chi connectivity index (χ1v) is 3.88. The Morgan fingerprint density at radius 2 is 2.40 bits per heavy atom. The molecule has 0 fully saturated rings. The van der Waals surface area contributed by atoms with Crippen LogP contribution in [0.5, 0.6) is 0 Å². The predicted octanol–water partition coefficient (Wildman–Crippen LogP) is -0.0153. The van der Waals surface area contributed by atoms with E-state index in [0.29, 0.717) is 11.8 Å². The summed E-state index contributed by atoms with van der Waals surface area (Å²) in [7, 11) is 1.93. The van der Waals surface area contributed by atoms with Crippen molar-refractivity contribution in [1.82, 2.24) is 10.2 Å². The Kier molecular flexibility index (Phi) is 4.76. The summed E-state index contributed by atoms with van der Waals surface area (Å²) in [5, 5.41) is 3.34. The fourth-order valence-electron chi connectivity index (χ4n) is 0.335. The van der Waals surface area contributed by atoms with E-state index in [0.717, 1.165) is 0 Å². The Labute approximate surface area is 72.4 Å². The Hall–Kier alpha value is -0.0000000000000000278. The van der Waals surface area contributed by atoms with Gasteiger partial charge in [-0.15, -0.1) is 0 Å². The van der Waals surface area contributed by atoms with Crippen molar-refractivity contribution in [1.29, 1.82) is 0 Å². The Bertz CT molecular complexity index is 115. The van der Waals surface area contributed by atoms with Crippen LogP contribution >= 0.6 is 24.8 Å². The lowest BCUT2D eigenvalue weighted by molar-refractivity contribution is 0.324. The Morgan fingerprint density at radius 1 is 1.90 bits per heavy atom. The van der Waals surface area contributed by atoms with Gasteiger partial charge in [-0.2, -0.15) is 12.6 Å². The summed E-state index contributed by atoms with van der Waals surface area (Å²) < 4.78 is 0. The fraction of sp³-hybridized carbons (Fsp3) is 0.800. The van der Waals surface area contributed by atoms with Gasteiger partial charge >= 0.3 is 0 Å². The third kappa shape index (κ3) is 4.84. The van der Waals surface area contributed by atoms with Crippen LogP contribution in [0.3, 0.4) is 0 Å². The van der Waals surface area contributed by atoms with Crippen molar-refractivity contribution < 1.29 is 0 Å². The summed E-state index contributed by atoms with van der Waals surface area (Å²) in [6.07, 6.45) is 0. The van der Waals surface area contributed by atoms with Gasteiger partial charge in [0.2, 0.25) is 0 Å². The molecule has 0 aliphatic heterocycles. The number of rotatable bonds is 3. The van der Waals surface area contributed by atoms with E-state index in [1.54, 1.807) is 0 Å². The third-order valence-corrected chi connectivity index (χ3v) is 1.68. The second-order valence-corrected chi connectivity index (χ2v) is 3.28. The third-order valence-electron chi connectivity index (χ3n) is 1.14. The molecule has 0 aromatic carbocycles. The van der Waals surface area contributed by atoms with Crippen LogP contribution in [0.15, 0.2) is 0 Å². The van der Waals surface area contributed by atoms with Crippen molar-refractivity contribution in [2.45, 2.75) is 12.3 Å². The van der Waals surface area contributed by atoms with Crippen molar-refractivity contribution in [2.75, 3.05) is 13.7 Å². The summed E-state index contributed by atoms with van der Waals surface area (Å²) in [5.41, 5.74) is 5.21. The summed E-state index contributed by atoms with van der Waals surface area (Å²) in [4.78, 5) is 1.97. The molecule has 0 rings (SSSR count). The van der Waals surface area contributed by atoms with Crippen LogP contribution in [-0.4, -0.2) is 29.1 Å². The molecule has 10 heavy (non-hydrogen) atoms. The molecule has 60 valence electrons. The summed E-state index contributed by atoms with van der Waals surface area (Å²) in [6.45, 7) is 2.62. The largest absolute Gasteiger partial charge is 0.376 e. The molecule has 5 heteroatoms. The molecule has 0 aliphatic rings. The highest BCUT2D eigenvalue weighted by molar-refractivity contribution is 7.80. The van der Waals surface area contributed by atoms with Crippen molar-refractivity contribution in [3.05, 3.63) is 0 Å². The van der Waals surface area contributed by atoms with E-state index >= 15 is 0 Å². The molecule has 3 nitrogen and oxygen atoms in total. The van der Waals surface area contributed by atoms with E-state index in [4.69, 9.17) is 5.73 Å². The van der Waals surface area contributed by atoms with Gasteiger partial charge in [-0.25, -0.2) is 0 Å². The molecule has 0 aromatic rings. The molecular formula is C5H13N3S2. The first-order valence-electron chi connectivity index (χ1n) is 2.95. The molecule has 0 saturated carbocycles. The van der Waals surface area contributed by atoms with Crippen LogP contribution in [0.25, 0.3) is 0 Å². The molecule has 0 heterocycles. The first-order chi connectivity index (χ1) is 4.54. The van der Waals surface area contributed by atoms with Crippen molar-refractivity contribution in [2.24, 2.45) is 5.73 Å². The molecule has 1 atom stereocenters. The van der Waals surface area contributed by atoms with E-state index < -0.39 is 0 Å². The lowest BCUT2D eigenvalue weighted by Crippen LogP contribution is -2.40. The maximum atomic E-state index is 5.21. The molecule has 0 aliphatic carbocycles. The minimum Gasteiger partial charge on any atom is -0.376 e. The van der Waals surface area contributed by atoms with Gasteiger partial charge < -0.3 is 11.1 Å². The fourth-order valence-corrected chi connectivity index (χ4v) is 0.481. The van der Waals surface area contributed by atoms with E-state index in [9.17, 15) is 0 Å². The van der Waals surface area contributed by atoms with E-state index in [-0.39, 0.29) is 5.37 Å². The van der Waals surface area contributed by atoms with E-state index in [1.165, 1.54) is 0 Å². The summed E-state index contributed by atoms with van der Waals surface area (Å²) in [5.74, 6) is 0. The second-order valence-electron chi connectivity index (χ2n) is 2.09. The highest BCUT2D eigenvalue weighted by Crippen LogP contribution is 1.95. The Balaban J connectivity index is 3.39. The van der Waals surface area contributed by atoms with Crippen molar-refractivity contribution in [3.63, 3.8) is 0 Å². The van der Waals surface area contributed by atoms with Crippen molar-refractivity contribution in [3.8, 4) is 0 Å². The lowest BCUT2D eigenvalue weighted by Gasteiger charge is -2.20. The van der Waals surface area contributed by atoms with Gasteiger partial charge in [0.15, 0.2) is 5.11 Å². The van der Waals surface area contributed by atoms with Crippen molar-refractivity contribution >= 4 is 30.0 Å². The molecule has 1 unspecified atom stereocenters. The van der Waals surface area contributed by atoms with Crippen LogP contribution in [0, 0.1) is 0 Å². The van der Waals surface area contributed by atoms with Crippen LogP contribution in [-0.2, 0) is 0 Å². The zero-order valence-corrected chi connectivity index (χ0v) is 7.88. The SMILES string of the molecule is CC(S)N(C)CNC(N)=S. The van der Waals surface area contributed by atoms with E-state index in [1.807, 2.05) is 18.9 Å². The normalized spacial score (nSPS) is 13.2. The number of nitrogens with zero attached hydrogens (tertiary/aromatic N) is 1. The van der Waals surface area contributed by atoms with Gasteiger partial charge in [0.25, 0.3) is 0 Å². The monoisotopic (exact) mass is 179 g/mol. The second kappa shape index (κ2) is 4.76. The standard InChI is InChI=1S/C5H13N3S2/c1-4(9)8(2)3-7-5(6)10/h4,9H,3H2,1-2H3,(H3,6,7,10). The highest BCUT2D eigenvalue weighted by Gasteiger charge is 2.01. The minimum atomic E-state index is 0.210. The number of thiol groups is 1. The number of hydrogen-bond donors (Lipinski definition) is 3. The number of nitrogens with one attached hydrogen (secondary N) is 1. The molecule has 3 N–H and O–H groups in total. The molecule has 0 radical (unpaired) electrons. The average Bonchev–Trinajstić information content (AvgIpc) is 1.82. The van der Waals surface area contributed by atoms with E-state index in [2.05, 4.69) is 30.2 Å². The Morgan fingerprint density at radius 3 is 2.70 bits per heavy atom. The van der Waals surface area contributed by atoms with Crippen LogP contribution in [0.1, 0.15) is 6.92 Å². The van der Waals surface area contributed by atoms with Gasteiger partial charge in [-0.05, 0) is 26.2 Å². The first kappa shape index (κ1) is 10.0. The molecular weight excluding hydrogens is 166 g/mol. The maximum Gasteiger partial charge on any atom is 0.164 e. The lowest BCUT2D eigenvalue weighted by atomic mass is 10.6. The minimum absolute atomic E-state index is 0.210. The maximum absolute atomic E-state index is 5.21. The predicted molar refractivity (Wildman–Crippen MR) is 51.0 cm³/mol. The van der Waals surface area contributed by atoms with Crippen LogP contribution in [0.4, 0.5) is 0 Å². The zero-order chi connectivity index (χ0) is 8.15. The number of hydrogen-bond acceptors (Lipinski definition) is 3. The smallest absolute Gasteiger partial charge is 0.164 e. The van der Waals surface area contributed by atoms with Gasteiger partial charge in [-0.1, -0.05) is 0 Å². The van der Waals surface area contributed by atoms with Gasteiger partial charge in [0.05, 0.1) is 12.0 Å². The molecule has 0 aromatic heterocycles. The topological polar surface area (TPSA) is 41.3 Å². The average molecular weight is 179 g/mol. The quantitative estimate of drug-likeness (QED) is 0.324. The zero-order valence-electron chi connectivity index (χ0n) is 6.16.